The van der Waals surface area contributed by atoms with Crippen LogP contribution in [0.25, 0.3) is 5.65 Å². The van der Waals surface area contributed by atoms with E-state index in [-0.39, 0.29) is 19.1 Å². The second kappa shape index (κ2) is 9.39. The number of carbonyl (C=O) groups excluding carboxylic acids is 2. The molecule has 1 amide bonds. The van der Waals surface area contributed by atoms with Gasteiger partial charge in [-0.2, -0.15) is 0 Å². The molecule has 0 atom stereocenters. The third-order valence-corrected chi connectivity index (χ3v) is 4.73. The van der Waals surface area contributed by atoms with Gasteiger partial charge < -0.3 is 19.3 Å². The average Bonchev–Trinajstić information content (AvgIpc) is 3.18. The fraction of sp³-hybridized carbons (Fsp3) is 0.167. The summed E-state index contributed by atoms with van der Waals surface area (Å²) in [6.45, 7) is 3.30. The van der Waals surface area contributed by atoms with E-state index >= 15 is 0 Å². The van der Waals surface area contributed by atoms with Crippen molar-refractivity contribution in [3.05, 3.63) is 93.6 Å². The molecule has 0 fully saturated rings. The standard InChI is InChI=1S/C24H21N3O6/c1-15-5-3-4-6-20(15)31-14-22(28)26-18-9-7-17(8-10-18)24(30)32-13-19-12-23(29)27-21(25-19)11-16(2)33-27/h3-12H,13-14H2,1-2H3,(H,26,28). The molecule has 168 valence electrons. The molecule has 2 heterocycles. The summed E-state index contributed by atoms with van der Waals surface area (Å²) in [5.41, 5.74) is 2.00. The van der Waals surface area contributed by atoms with E-state index in [0.717, 1.165) is 10.1 Å². The molecule has 2 aromatic heterocycles. The van der Waals surface area contributed by atoms with Crippen LogP contribution in [-0.2, 0) is 16.1 Å². The van der Waals surface area contributed by atoms with E-state index in [1.165, 1.54) is 18.2 Å². The fourth-order valence-electron chi connectivity index (χ4n) is 3.12. The number of amides is 1. The monoisotopic (exact) mass is 447 g/mol. The van der Waals surface area contributed by atoms with Crippen molar-refractivity contribution in [3.8, 4) is 5.75 Å². The largest absolute Gasteiger partial charge is 0.483 e. The Kier molecular flexibility index (Phi) is 6.21. The molecule has 0 bridgehead atoms. The minimum atomic E-state index is -0.582. The van der Waals surface area contributed by atoms with Gasteiger partial charge in [0.1, 0.15) is 18.1 Å². The maximum absolute atomic E-state index is 12.3. The van der Waals surface area contributed by atoms with Gasteiger partial charge in [-0.15, -0.1) is 4.57 Å². The van der Waals surface area contributed by atoms with Gasteiger partial charge in [0.2, 0.25) is 0 Å². The SMILES string of the molecule is Cc1cc2nc(COC(=O)c3ccc(NC(=O)COc4ccccc4C)cc3)cc(=O)n2o1. The third kappa shape index (κ3) is 5.27. The second-order valence-corrected chi connectivity index (χ2v) is 7.34. The van der Waals surface area contributed by atoms with E-state index in [0.29, 0.717) is 34.1 Å². The van der Waals surface area contributed by atoms with E-state index in [1.807, 2.05) is 25.1 Å². The molecule has 0 unspecified atom stereocenters. The molecule has 2 aromatic carbocycles. The first-order valence-corrected chi connectivity index (χ1v) is 10.1. The number of nitrogens with one attached hydrogen (secondary N) is 1. The predicted molar refractivity (Wildman–Crippen MR) is 119 cm³/mol. The fourth-order valence-corrected chi connectivity index (χ4v) is 3.12. The van der Waals surface area contributed by atoms with Crippen molar-refractivity contribution in [2.45, 2.75) is 20.5 Å². The molecule has 0 saturated carbocycles. The Morgan fingerprint density at radius 3 is 2.58 bits per heavy atom. The molecule has 9 heteroatoms. The number of anilines is 1. The lowest BCUT2D eigenvalue weighted by Crippen LogP contribution is -2.20. The maximum Gasteiger partial charge on any atom is 0.338 e. The summed E-state index contributed by atoms with van der Waals surface area (Å²) in [5, 5.41) is 2.71. The Morgan fingerprint density at radius 2 is 1.82 bits per heavy atom. The molecular formula is C24H21N3O6. The number of para-hydroxylation sites is 1. The van der Waals surface area contributed by atoms with Crippen molar-refractivity contribution >= 4 is 23.2 Å². The molecule has 4 aromatic rings. The number of hydrogen-bond donors (Lipinski definition) is 1. The number of rotatable bonds is 7. The molecule has 0 spiro atoms. The highest BCUT2D eigenvalue weighted by Gasteiger charge is 2.12. The topological polar surface area (TPSA) is 112 Å². The van der Waals surface area contributed by atoms with Crippen LogP contribution in [0.4, 0.5) is 5.69 Å². The molecule has 1 N–H and O–H groups in total. The number of aryl methyl sites for hydroxylation is 2. The summed E-state index contributed by atoms with van der Waals surface area (Å²) in [5.74, 6) is 0.282. The quantitative estimate of drug-likeness (QED) is 0.433. The van der Waals surface area contributed by atoms with Crippen LogP contribution in [0.15, 0.2) is 70.0 Å². The van der Waals surface area contributed by atoms with E-state index in [9.17, 15) is 14.4 Å². The van der Waals surface area contributed by atoms with Crippen LogP contribution in [0.3, 0.4) is 0 Å². The van der Waals surface area contributed by atoms with Crippen LogP contribution in [-0.4, -0.2) is 28.0 Å². The number of ether oxygens (including phenoxy) is 2. The number of esters is 1. The molecule has 9 nitrogen and oxygen atoms in total. The molecular weight excluding hydrogens is 426 g/mol. The summed E-state index contributed by atoms with van der Waals surface area (Å²) < 4.78 is 17.1. The number of benzene rings is 2. The third-order valence-electron chi connectivity index (χ3n) is 4.73. The Hall–Kier alpha value is -4.40. The molecule has 0 aliphatic heterocycles. The number of aromatic nitrogens is 2. The number of nitrogens with zero attached hydrogens (tertiary/aromatic N) is 2. The normalized spacial score (nSPS) is 10.7. The Bertz CT molecular complexity index is 1370. The van der Waals surface area contributed by atoms with E-state index < -0.39 is 11.5 Å². The smallest absolute Gasteiger partial charge is 0.338 e. The van der Waals surface area contributed by atoms with Crippen LogP contribution in [0.2, 0.25) is 0 Å². The zero-order chi connectivity index (χ0) is 23.4. The van der Waals surface area contributed by atoms with Gasteiger partial charge in [0, 0.05) is 17.8 Å². The summed E-state index contributed by atoms with van der Waals surface area (Å²) >= 11 is 0. The van der Waals surface area contributed by atoms with E-state index in [2.05, 4.69) is 10.3 Å². The van der Waals surface area contributed by atoms with Gasteiger partial charge >= 0.3 is 5.97 Å². The zero-order valence-corrected chi connectivity index (χ0v) is 18.0. The molecule has 0 saturated heterocycles. The van der Waals surface area contributed by atoms with Crippen molar-refractivity contribution < 1.29 is 23.6 Å². The average molecular weight is 447 g/mol. The van der Waals surface area contributed by atoms with Crippen molar-refractivity contribution in [2.75, 3.05) is 11.9 Å². The first-order valence-electron chi connectivity index (χ1n) is 10.1. The minimum Gasteiger partial charge on any atom is -0.483 e. The van der Waals surface area contributed by atoms with Crippen molar-refractivity contribution in [1.82, 2.24) is 9.56 Å². The van der Waals surface area contributed by atoms with Crippen LogP contribution in [0.1, 0.15) is 27.4 Å². The van der Waals surface area contributed by atoms with Gasteiger partial charge in [0.25, 0.3) is 11.5 Å². The Balaban J connectivity index is 1.31. The lowest BCUT2D eigenvalue weighted by Gasteiger charge is -2.10. The molecule has 0 aliphatic carbocycles. The van der Waals surface area contributed by atoms with Crippen LogP contribution < -0.4 is 15.6 Å². The number of carbonyl (C=O) groups is 2. The first-order chi connectivity index (χ1) is 15.9. The van der Waals surface area contributed by atoms with Gasteiger partial charge in [-0.3, -0.25) is 9.59 Å². The van der Waals surface area contributed by atoms with Crippen LogP contribution in [0, 0.1) is 13.8 Å². The second-order valence-electron chi connectivity index (χ2n) is 7.34. The number of fused-ring (bicyclic) bond motifs is 1. The van der Waals surface area contributed by atoms with Crippen molar-refractivity contribution in [3.63, 3.8) is 0 Å². The predicted octanol–water partition coefficient (Wildman–Crippen LogP) is 3.28. The zero-order valence-electron chi connectivity index (χ0n) is 18.0. The summed E-state index contributed by atoms with van der Waals surface area (Å²) in [4.78, 5) is 40.8. The summed E-state index contributed by atoms with van der Waals surface area (Å²) in [7, 11) is 0. The summed E-state index contributed by atoms with van der Waals surface area (Å²) in [6, 6.07) is 16.5. The molecule has 33 heavy (non-hydrogen) atoms. The van der Waals surface area contributed by atoms with Crippen molar-refractivity contribution in [1.29, 1.82) is 0 Å². The minimum absolute atomic E-state index is 0.137. The highest BCUT2D eigenvalue weighted by Crippen LogP contribution is 2.16. The molecule has 4 rings (SSSR count). The summed E-state index contributed by atoms with van der Waals surface area (Å²) in [6.07, 6.45) is 0. The van der Waals surface area contributed by atoms with E-state index in [4.69, 9.17) is 14.0 Å². The van der Waals surface area contributed by atoms with E-state index in [1.54, 1.807) is 31.2 Å². The maximum atomic E-state index is 12.3. The molecule has 0 radical (unpaired) electrons. The Labute approximate surface area is 188 Å². The van der Waals surface area contributed by atoms with Crippen molar-refractivity contribution in [2.24, 2.45) is 0 Å². The lowest BCUT2D eigenvalue weighted by molar-refractivity contribution is -0.118. The lowest BCUT2D eigenvalue weighted by atomic mass is 10.2. The Morgan fingerprint density at radius 1 is 1.06 bits per heavy atom. The highest BCUT2D eigenvalue weighted by atomic mass is 16.5. The van der Waals surface area contributed by atoms with Gasteiger partial charge in [0.15, 0.2) is 12.3 Å². The van der Waals surface area contributed by atoms with Gasteiger partial charge in [0.05, 0.1) is 11.3 Å². The highest BCUT2D eigenvalue weighted by molar-refractivity contribution is 5.93. The first kappa shape index (κ1) is 21.8. The van der Waals surface area contributed by atoms with Crippen LogP contribution >= 0.6 is 0 Å². The van der Waals surface area contributed by atoms with Gasteiger partial charge in [-0.1, -0.05) is 18.2 Å². The molecule has 0 aliphatic rings. The number of hydrogen-bond acceptors (Lipinski definition) is 7. The van der Waals surface area contributed by atoms with Crippen LogP contribution in [0.5, 0.6) is 5.75 Å². The van der Waals surface area contributed by atoms with Gasteiger partial charge in [-0.25, -0.2) is 9.78 Å². The van der Waals surface area contributed by atoms with Gasteiger partial charge in [-0.05, 0) is 49.7 Å².